The molecule has 0 nitrogen and oxygen atoms in total. The van der Waals surface area contributed by atoms with Crippen molar-refractivity contribution in [2.45, 2.75) is 19.6 Å². The Morgan fingerprint density at radius 2 is 1.75 bits per heavy atom. The highest BCUT2D eigenvalue weighted by Gasteiger charge is 2.19. The Bertz CT molecular complexity index is 101. The Kier molecular flexibility index (Phi) is 2.34. The Morgan fingerprint density at radius 3 is 1.75 bits per heavy atom. The third kappa shape index (κ3) is 2.21. The van der Waals surface area contributed by atoms with E-state index in [0.717, 1.165) is 0 Å². The molecule has 0 bridgehead atoms. The second-order valence-corrected chi connectivity index (χ2v) is 7.68. The van der Waals surface area contributed by atoms with Crippen LogP contribution in [0.1, 0.15) is 0 Å². The summed E-state index contributed by atoms with van der Waals surface area (Å²) in [6.07, 6.45) is 0.0617. The van der Waals surface area contributed by atoms with E-state index in [-0.39, 0.29) is 6.33 Å². The summed E-state index contributed by atoms with van der Waals surface area (Å²) in [6.45, 7) is 5.25. The molecular weight excluding hydrogens is 126 g/mol. The van der Waals surface area contributed by atoms with Crippen molar-refractivity contribution in [1.29, 1.82) is 0 Å². The molecule has 0 N–H and O–H groups in total. The Balaban J connectivity index is 4.03. The average Bonchev–Trinajstić information content (AvgIpc) is 1.62. The standard InChI is InChI=1S/C5H10F2Si/c1-8(2,3)5(7)4-6/h4H,1-3H3. The Hall–Kier alpha value is -0.183. The first kappa shape index (κ1) is 7.82. The van der Waals surface area contributed by atoms with E-state index in [0.29, 0.717) is 0 Å². The highest BCUT2D eigenvalue weighted by atomic mass is 28.3. The topological polar surface area (TPSA) is 0 Å². The number of hydrogen-bond donors (Lipinski definition) is 0. The average molecular weight is 136 g/mol. The van der Waals surface area contributed by atoms with Crippen LogP contribution in [0.15, 0.2) is 11.8 Å². The fraction of sp³-hybridized carbons (Fsp3) is 0.600. The van der Waals surface area contributed by atoms with Gasteiger partial charge in [-0.25, -0.2) is 8.78 Å². The molecule has 0 aromatic carbocycles. The molecule has 0 aromatic rings. The zero-order chi connectivity index (χ0) is 6.78. The van der Waals surface area contributed by atoms with Crippen molar-refractivity contribution in [2.24, 2.45) is 0 Å². The Labute approximate surface area is 49.2 Å². The molecule has 0 unspecified atom stereocenters. The SMILES string of the molecule is C[Si](C)(C)C(F)=CF. The van der Waals surface area contributed by atoms with Crippen LogP contribution in [-0.4, -0.2) is 8.07 Å². The van der Waals surface area contributed by atoms with Crippen LogP contribution in [0, 0.1) is 0 Å². The summed E-state index contributed by atoms with van der Waals surface area (Å²) in [5.41, 5.74) is -0.572. The zero-order valence-electron chi connectivity index (χ0n) is 5.33. The van der Waals surface area contributed by atoms with E-state index in [9.17, 15) is 8.78 Å². The molecule has 0 saturated heterocycles. The summed E-state index contributed by atoms with van der Waals surface area (Å²) in [5.74, 6) is 0. The summed E-state index contributed by atoms with van der Waals surface area (Å²) in [6, 6.07) is 0. The van der Waals surface area contributed by atoms with Gasteiger partial charge in [0.05, 0.1) is 0 Å². The molecule has 0 spiro atoms. The summed E-state index contributed by atoms with van der Waals surface area (Å²) < 4.78 is 23.6. The maximum atomic E-state index is 12.2. The van der Waals surface area contributed by atoms with Gasteiger partial charge >= 0.3 is 0 Å². The lowest BCUT2D eigenvalue weighted by molar-refractivity contribution is 0.618. The molecular formula is C5H10F2Si. The third-order valence-electron chi connectivity index (χ3n) is 0.812. The van der Waals surface area contributed by atoms with Crippen LogP contribution in [0.2, 0.25) is 19.6 Å². The molecule has 0 radical (unpaired) electrons. The van der Waals surface area contributed by atoms with E-state index >= 15 is 0 Å². The van der Waals surface area contributed by atoms with E-state index in [1.54, 1.807) is 19.6 Å². The highest BCUT2D eigenvalue weighted by Crippen LogP contribution is 2.14. The summed E-state index contributed by atoms with van der Waals surface area (Å²) in [5, 5.41) is 0. The van der Waals surface area contributed by atoms with Crippen molar-refractivity contribution in [1.82, 2.24) is 0 Å². The van der Waals surface area contributed by atoms with Crippen LogP contribution in [0.5, 0.6) is 0 Å². The van der Waals surface area contributed by atoms with Gasteiger partial charge in [-0.05, 0) is 0 Å². The first-order valence-corrected chi connectivity index (χ1v) is 5.95. The van der Waals surface area contributed by atoms with Crippen molar-refractivity contribution in [3.05, 3.63) is 11.8 Å². The molecule has 0 aliphatic heterocycles. The van der Waals surface area contributed by atoms with Crippen molar-refractivity contribution in [2.75, 3.05) is 0 Å². The van der Waals surface area contributed by atoms with Crippen LogP contribution in [0.3, 0.4) is 0 Å². The van der Waals surface area contributed by atoms with Crippen LogP contribution in [-0.2, 0) is 0 Å². The highest BCUT2D eigenvalue weighted by molar-refractivity contribution is 6.82. The lowest BCUT2D eigenvalue weighted by Crippen LogP contribution is -2.20. The molecule has 8 heavy (non-hydrogen) atoms. The van der Waals surface area contributed by atoms with Gasteiger partial charge in [-0.15, -0.1) is 0 Å². The van der Waals surface area contributed by atoms with E-state index < -0.39 is 13.5 Å². The van der Waals surface area contributed by atoms with Gasteiger partial charge in [0.25, 0.3) is 0 Å². The minimum absolute atomic E-state index is 0.0617. The molecule has 0 aliphatic rings. The second-order valence-electron chi connectivity index (χ2n) is 2.71. The van der Waals surface area contributed by atoms with Crippen molar-refractivity contribution < 1.29 is 8.78 Å². The van der Waals surface area contributed by atoms with Crippen molar-refractivity contribution in [3.8, 4) is 0 Å². The third-order valence-corrected chi connectivity index (χ3v) is 2.35. The molecule has 0 saturated carbocycles. The molecule has 3 heteroatoms. The van der Waals surface area contributed by atoms with Crippen LogP contribution in [0.25, 0.3) is 0 Å². The molecule has 0 heterocycles. The molecule has 0 atom stereocenters. The van der Waals surface area contributed by atoms with E-state index in [2.05, 4.69) is 0 Å². The lowest BCUT2D eigenvalue weighted by atomic mass is 11.1. The summed E-state index contributed by atoms with van der Waals surface area (Å²) in [7, 11) is -1.94. The fourth-order valence-corrected chi connectivity index (χ4v) is 0.491. The molecule has 0 amide bonds. The van der Waals surface area contributed by atoms with Gasteiger partial charge in [0.1, 0.15) is 19.9 Å². The van der Waals surface area contributed by atoms with E-state index in [4.69, 9.17) is 0 Å². The van der Waals surface area contributed by atoms with Gasteiger partial charge in [0.15, 0.2) is 0 Å². The summed E-state index contributed by atoms with van der Waals surface area (Å²) >= 11 is 0. The molecule has 0 aromatic heterocycles. The van der Waals surface area contributed by atoms with Gasteiger partial charge in [-0.2, -0.15) is 0 Å². The van der Waals surface area contributed by atoms with Crippen molar-refractivity contribution in [3.63, 3.8) is 0 Å². The maximum absolute atomic E-state index is 12.2. The fourth-order valence-electron chi connectivity index (χ4n) is 0.164. The number of rotatable bonds is 1. The molecule has 0 rings (SSSR count). The summed E-state index contributed by atoms with van der Waals surface area (Å²) in [4.78, 5) is 0. The van der Waals surface area contributed by atoms with Crippen LogP contribution < -0.4 is 0 Å². The molecule has 0 aliphatic carbocycles. The quantitative estimate of drug-likeness (QED) is 0.486. The first-order chi connectivity index (χ1) is 3.48. The minimum atomic E-state index is -1.94. The minimum Gasteiger partial charge on any atom is -0.215 e. The smallest absolute Gasteiger partial charge is 0.117 e. The molecule has 48 valence electrons. The van der Waals surface area contributed by atoms with Gasteiger partial charge in [-0.3, -0.25) is 0 Å². The predicted molar refractivity (Wildman–Crippen MR) is 33.6 cm³/mol. The zero-order valence-corrected chi connectivity index (χ0v) is 6.33. The first-order valence-electron chi connectivity index (χ1n) is 2.45. The lowest BCUT2D eigenvalue weighted by Gasteiger charge is -2.09. The van der Waals surface area contributed by atoms with Gasteiger partial charge in [0.2, 0.25) is 0 Å². The van der Waals surface area contributed by atoms with E-state index in [1.165, 1.54) is 0 Å². The second kappa shape index (κ2) is 2.39. The number of hydrogen-bond acceptors (Lipinski definition) is 0. The van der Waals surface area contributed by atoms with Crippen LogP contribution >= 0.6 is 0 Å². The maximum Gasteiger partial charge on any atom is 0.117 e. The van der Waals surface area contributed by atoms with E-state index in [1.807, 2.05) is 0 Å². The van der Waals surface area contributed by atoms with Gasteiger partial charge in [0, 0.05) is 0 Å². The van der Waals surface area contributed by atoms with Crippen LogP contribution in [0.4, 0.5) is 8.78 Å². The Morgan fingerprint density at radius 1 is 1.38 bits per heavy atom. The number of halogens is 2. The normalized spacial score (nSPS) is 14.4. The predicted octanol–water partition coefficient (Wildman–Crippen LogP) is 2.64. The molecule has 0 fully saturated rings. The largest absolute Gasteiger partial charge is 0.215 e. The van der Waals surface area contributed by atoms with Gasteiger partial charge < -0.3 is 0 Å². The van der Waals surface area contributed by atoms with Gasteiger partial charge in [-0.1, -0.05) is 19.6 Å². The van der Waals surface area contributed by atoms with Crippen molar-refractivity contribution >= 4 is 8.07 Å². The monoisotopic (exact) mass is 136 g/mol.